The number of nitrogens with zero attached hydrogens (tertiary/aromatic N) is 1. The number of rotatable bonds is 0. The summed E-state index contributed by atoms with van der Waals surface area (Å²) in [5, 5.41) is 0. The first-order chi connectivity index (χ1) is 4.06. The minimum absolute atomic E-state index is 0.648. The van der Waals surface area contributed by atoms with Crippen LogP contribution in [-0.2, 0) is 0 Å². The van der Waals surface area contributed by atoms with Gasteiger partial charge in [-0.1, -0.05) is 5.92 Å². The second-order valence-electron chi connectivity index (χ2n) is 2.62. The Morgan fingerprint density at radius 2 is 1.56 bits per heavy atom. The van der Waals surface area contributed by atoms with E-state index in [0.29, 0.717) is 4.48 Å². The van der Waals surface area contributed by atoms with Crippen LogP contribution in [0.4, 0.5) is 0 Å². The third kappa shape index (κ3) is 7.08. The van der Waals surface area contributed by atoms with Gasteiger partial charge < -0.3 is 0 Å². The van der Waals surface area contributed by atoms with E-state index < -0.39 is 0 Å². The molecule has 0 rings (SSSR count). The van der Waals surface area contributed by atoms with Gasteiger partial charge in [0.1, 0.15) is 0 Å². The lowest BCUT2D eigenvalue weighted by molar-refractivity contribution is -0.800. The van der Waals surface area contributed by atoms with E-state index >= 15 is 0 Å². The highest BCUT2D eigenvalue weighted by Gasteiger charge is 1.97. The highest BCUT2D eigenvalue weighted by Crippen LogP contribution is 1.81. The lowest BCUT2D eigenvalue weighted by Gasteiger charge is -2.11. The van der Waals surface area contributed by atoms with Crippen LogP contribution in [0.3, 0.4) is 0 Å². The first-order valence-corrected chi connectivity index (χ1v) is 2.82. The van der Waals surface area contributed by atoms with Crippen molar-refractivity contribution in [1.29, 1.82) is 0 Å². The van der Waals surface area contributed by atoms with E-state index in [1.807, 2.05) is 21.1 Å². The van der Waals surface area contributed by atoms with Crippen LogP contribution in [0.2, 0.25) is 0 Å². The van der Waals surface area contributed by atoms with Crippen LogP contribution >= 0.6 is 0 Å². The molecule has 9 heavy (non-hydrogen) atoms. The smallest absolute Gasteiger partial charge is 0.150 e. The molecule has 48 valence electrons. The summed E-state index contributed by atoms with van der Waals surface area (Å²) in [4.78, 5) is 0. The fourth-order valence-electron chi connectivity index (χ4n) is 0.258. The fourth-order valence-corrected chi connectivity index (χ4v) is 0.258. The highest BCUT2D eigenvalue weighted by atomic mass is 15.3. The van der Waals surface area contributed by atoms with Gasteiger partial charge in [0.25, 0.3) is 0 Å². The third-order valence-electron chi connectivity index (χ3n) is 0.579. The SMILES string of the molecule is CC#CC#C[N+](C)(C)C. The molecule has 0 bridgehead atoms. The maximum absolute atomic E-state index is 2.94. The molecule has 0 amide bonds. The van der Waals surface area contributed by atoms with Gasteiger partial charge in [0.05, 0.1) is 21.1 Å². The van der Waals surface area contributed by atoms with E-state index in [9.17, 15) is 0 Å². The van der Waals surface area contributed by atoms with Gasteiger partial charge in [-0.2, -0.15) is 0 Å². The Morgan fingerprint density at radius 1 is 1.00 bits per heavy atom. The van der Waals surface area contributed by atoms with Gasteiger partial charge in [-0.15, -0.1) is 0 Å². The summed E-state index contributed by atoms with van der Waals surface area (Å²) in [5.41, 5.74) is 0. The summed E-state index contributed by atoms with van der Waals surface area (Å²) in [7, 11) is 6.01. The predicted octanol–water partition coefficient (Wildman–Crippen LogP) is 0.677. The van der Waals surface area contributed by atoms with Crippen molar-refractivity contribution in [2.24, 2.45) is 0 Å². The van der Waals surface area contributed by atoms with Crippen molar-refractivity contribution in [3.63, 3.8) is 0 Å². The van der Waals surface area contributed by atoms with E-state index in [1.165, 1.54) is 0 Å². The zero-order valence-electron chi connectivity index (χ0n) is 6.45. The number of quaternary nitrogens is 1. The molecule has 0 N–H and O–H groups in total. The molecule has 0 aliphatic rings. The van der Waals surface area contributed by atoms with Crippen molar-refractivity contribution >= 4 is 0 Å². The summed E-state index contributed by atoms with van der Waals surface area (Å²) in [6.07, 6.45) is 0. The first-order valence-electron chi connectivity index (χ1n) is 2.82. The van der Waals surface area contributed by atoms with Crippen LogP contribution in [0.5, 0.6) is 0 Å². The minimum atomic E-state index is 0.648. The summed E-state index contributed by atoms with van der Waals surface area (Å²) in [6, 6.07) is 2.94. The lowest BCUT2D eigenvalue weighted by atomic mass is 10.6. The van der Waals surface area contributed by atoms with Gasteiger partial charge in [-0.3, -0.25) is 4.48 Å². The predicted molar refractivity (Wildman–Crippen MR) is 39.3 cm³/mol. The van der Waals surface area contributed by atoms with Crippen molar-refractivity contribution in [1.82, 2.24) is 0 Å². The third-order valence-corrected chi connectivity index (χ3v) is 0.579. The molecule has 0 aromatic heterocycles. The van der Waals surface area contributed by atoms with E-state index in [2.05, 4.69) is 23.8 Å². The summed E-state index contributed by atoms with van der Waals surface area (Å²) < 4.78 is 0.648. The van der Waals surface area contributed by atoms with Crippen molar-refractivity contribution in [3.05, 3.63) is 0 Å². The van der Waals surface area contributed by atoms with E-state index in [0.717, 1.165) is 0 Å². The van der Waals surface area contributed by atoms with E-state index in [-0.39, 0.29) is 0 Å². The molecule has 0 saturated heterocycles. The summed E-state index contributed by atoms with van der Waals surface area (Å²) in [6.45, 7) is 1.78. The minimum Gasteiger partial charge on any atom is -0.253 e. The standard InChI is InChI=1S/C8H12N/c1-5-6-7-8-9(2,3)4/h1-4H3/q+1. The van der Waals surface area contributed by atoms with E-state index in [1.54, 1.807) is 6.92 Å². The van der Waals surface area contributed by atoms with Crippen molar-refractivity contribution < 1.29 is 4.48 Å². The molecule has 0 fully saturated rings. The molecule has 0 aliphatic carbocycles. The molecule has 0 aromatic carbocycles. The van der Waals surface area contributed by atoms with Crippen LogP contribution in [0, 0.1) is 23.8 Å². The summed E-state index contributed by atoms with van der Waals surface area (Å²) >= 11 is 0. The Balaban J connectivity index is 3.99. The van der Waals surface area contributed by atoms with Crippen molar-refractivity contribution in [2.75, 3.05) is 21.1 Å². The van der Waals surface area contributed by atoms with Gasteiger partial charge in [-0.05, 0) is 12.8 Å². The molecule has 0 saturated carbocycles. The number of hydrogen-bond donors (Lipinski definition) is 0. The molecule has 0 heterocycles. The van der Waals surface area contributed by atoms with Crippen molar-refractivity contribution in [3.8, 4) is 23.8 Å². The topological polar surface area (TPSA) is 0 Å². The van der Waals surface area contributed by atoms with Crippen molar-refractivity contribution in [2.45, 2.75) is 6.92 Å². The Bertz CT molecular complexity index is 187. The van der Waals surface area contributed by atoms with Gasteiger partial charge in [0, 0.05) is 5.92 Å². The van der Waals surface area contributed by atoms with Crippen LogP contribution in [0.15, 0.2) is 0 Å². The Kier molecular flexibility index (Phi) is 2.85. The molecule has 1 heteroatoms. The monoisotopic (exact) mass is 122 g/mol. The van der Waals surface area contributed by atoms with Crippen LogP contribution in [0.25, 0.3) is 0 Å². The molecule has 1 nitrogen and oxygen atoms in total. The first kappa shape index (κ1) is 8.08. The summed E-state index contributed by atoms with van der Waals surface area (Å²) in [5.74, 6) is 8.12. The van der Waals surface area contributed by atoms with Gasteiger partial charge >= 0.3 is 0 Å². The molecule has 0 aliphatic heterocycles. The van der Waals surface area contributed by atoms with Crippen LogP contribution in [0.1, 0.15) is 6.92 Å². The second-order valence-corrected chi connectivity index (χ2v) is 2.62. The molecule has 0 radical (unpaired) electrons. The zero-order chi connectivity index (χ0) is 7.33. The molecule has 0 aromatic rings. The Labute approximate surface area is 57.3 Å². The quantitative estimate of drug-likeness (QED) is 0.327. The normalized spacial score (nSPS) is 8.44. The lowest BCUT2D eigenvalue weighted by Crippen LogP contribution is -2.27. The number of hydrogen-bond acceptors (Lipinski definition) is 0. The fraction of sp³-hybridized carbons (Fsp3) is 0.500. The molecule has 0 spiro atoms. The van der Waals surface area contributed by atoms with Gasteiger partial charge in [0.2, 0.25) is 0 Å². The van der Waals surface area contributed by atoms with Crippen LogP contribution in [-0.4, -0.2) is 25.6 Å². The molecule has 0 atom stereocenters. The van der Waals surface area contributed by atoms with Gasteiger partial charge in [-0.25, -0.2) is 0 Å². The average molecular weight is 122 g/mol. The van der Waals surface area contributed by atoms with Crippen LogP contribution < -0.4 is 0 Å². The highest BCUT2D eigenvalue weighted by molar-refractivity contribution is 5.22. The molecular formula is C8H12N+. The Hall–Kier alpha value is -0.920. The van der Waals surface area contributed by atoms with Gasteiger partial charge in [0.15, 0.2) is 6.04 Å². The molecule has 0 unspecified atom stereocenters. The maximum atomic E-state index is 2.94. The Morgan fingerprint density at radius 3 is 1.89 bits per heavy atom. The largest absolute Gasteiger partial charge is 0.253 e. The average Bonchev–Trinajstić information content (AvgIpc) is 1.63. The maximum Gasteiger partial charge on any atom is 0.150 e. The zero-order valence-corrected chi connectivity index (χ0v) is 6.45. The van der Waals surface area contributed by atoms with E-state index in [4.69, 9.17) is 0 Å². The second kappa shape index (κ2) is 3.17. The molecular weight excluding hydrogens is 110 g/mol.